The maximum atomic E-state index is 15.5. The summed E-state index contributed by atoms with van der Waals surface area (Å²) in [5.74, 6) is -0.689. The number of benzene rings is 3. The Balaban J connectivity index is 1.21. The largest absolute Gasteiger partial charge is 0.465 e. The molecule has 62 heavy (non-hydrogen) atoms. The van der Waals surface area contributed by atoms with Crippen LogP contribution < -0.4 is 4.90 Å². The molecule has 0 saturated carbocycles. The molecule has 308 valence electrons. The van der Waals surface area contributed by atoms with Crippen LogP contribution in [0, 0.1) is 34.0 Å². The second kappa shape index (κ2) is 16.3. The Morgan fingerprint density at radius 1 is 0.774 bits per heavy atom. The van der Waals surface area contributed by atoms with E-state index in [1.54, 1.807) is 58.3 Å². The van der Waals surface area contributed by atoms with E-state index in [1.165, 1.54) is 85.5 Å². The number of nitriles is 3. The zero-order valence-electron chi connectivity index (χ0n) is 33.8. The fraction of sp³-hybridized carbons (Fsp3) is 0.204. The number of fused-ring (bicyclic) bond motifs is 7. The number of hydrogen-bond acceptors (Lipinski definition) is 9. The first-order chi connectivity index (χ1) is 30.0. The van der Waals surface area contributed by atoms with Gasteiger partial charge in [0.15, 0.2) is 11.3 Å². The minimum atomic E-state index is -5.07. The molecular weight excluding hydrogens is 860 g/mol. The molecule has 5 aromatic heterocycles. The lowest BCUT2D eigenvalue weighted by Crippen LogP contribution is -2.43. The number of ether oxygens (including phenoxy) is 1. The van der Waals surface area contributed by atoms with Crippen molar-refractivity contribution in [3.05, 3.63) is 136 Å². The third-order valence-electron chi connectivity index (χ3n) is 11.2. The first-order valence-corrected chi connectivity index (χ1v) is 23.3. The van der Waals surface area contributed by atoms with E-state index in [9.17, 15) is 15.8 Å². The molecular formula is C49H36F3N5OS4. The lowest BCUT2D eigenvalue weighted by molar-refractivity contribution is -0.249. The highest BCUT2D eigenvalue weighted by Crippen LogP contribution is 2.57. The summed E-state index contributed by atoms with van der Waals surface area (Å²) >= 11 is 6.69. The fourth-order valence-corrected chi connectivity index (χ4v) is 13.4. The minimum absolute atomic E-state index is 0.280. The lowest BCUT2D eigenvalue weighted by atomic mass is 9.84. The van der Waals surface area contributed by atoms with Crippen molar-refractivity contribution in [2.75, 3.05) is 19.0 Å². The van der Waals surface area contributed by atoms with E-state index in [4.69, 9.17) is 4.74 Å². The van der Waals surface area contributed by atoms with Gasteiger partial charge in [-0.3, -0.25) is 0 Å². The number of aryl methyl sites for hydroxylation is 1. The predicted molar refractivity (Wildman–Crippen MR) is 250 cm³/mol. The second-order valence-corrected chi connectivity index (χ2v) is 19.5. The Morgan fingerprint density at radius 2 is 1.44 bits per heavy atom. The topological polar surface area (TPSA) is 88.8 Å². The molecule has 3 aromatic carbocycles. The van der Waals surface area contributed by atoms with E-state index >= 15 is 13.2 Å². The Bertz CT molecular complexity index is 3230. The molecule has 0 bridgehead atoms. The highest BCUT2D eigenvalue weighted by atomic mass is 32.1. The van der Waals surface area contributed by atoms with Crippen molar-refractivity contribution in [2.24, 2.45) is 0 Å². The highest BCUT2D eigenvalue weighted by Gasteiger charge is 2.65. The van der Waals surface area contributed by atoms with Crippen LogP contribution in [0.5, 0.6) is 0 Å². The second-order valence-electron chi connectivity index (χ2n) is 15.3. The summed E-state index contributed by atoms with van der Waals surface area (Å²) in [5.41, 5.74) is 1.67. The molecule has 1 atom stereocenters. The van der Waals surface area contributed by atoms with E-state index < -0.39 is 34.3 Å². The number of anilines is 1. The number of allylic oxidation sites excluding steroid dienone is 2. The third-order valence-corrected chi connectivity index (χ3v) is 16.2. The molecule has 0 amide bonds. The van der Waals surface area contributed by atoms with Crippen LogP contribution in [0.25, 0.3) is 61.4 Å². The average molecular weight is 896 g/mol. The van der Waals surface area contributed by atoms with E-state index in [0.717, 1.165) is 54.9 Å². The van der Waals surface area contributed by atoms with Gasteiger partial charge >= 0.3 is 6.18 Å². The number of nitrogens with zero attached hydrogens (tertiary/aromatic N) is 5. The van der Waals surface area contributed by atoms with Crippen molar-refractivity contribution < 1.29 is 17.9 Å². The van der Waals surface area contributed by atoms with Crippen LogP contribution in [-0.4, -0.2) is 24.8 Å². The molecule has 0 aliphatic carbocycles. The van der Waals surface area contributed by atoms with Gasteiger partial charge in [-0.25, -0.2) is 0 Å². The molecule has 1 unspecified atom stereocenters. The molecule has 6 nitrogen and oxygen atoms in total. The van der Waals surface area contributed by atoms with Crippen LogP contribution in [0.3, 0.4) is 0 Å². The van der Waals surface area contributed by atoms with Crippen molar-refractivity contribution in [1.82, 2.24) is 4.57 Å². The van der Waals surface area contributed by atoms with Crippen LogP contribution in [-0.2, 0) is 16.8 Å². The van der Waals surface area contributed by atoms with Crippen molar-refractivity contribution in [2.45, 2.75) is 50.8 Å². The lowest BCUT2D eigenvalue weighted by Gasteiger charge is -2.33. The molecule has 1 aliphatic heterocycles. The van der Waals surface area contributed by atoms with Crippen molar-refractivity contribution in [1.29, 1.82) is 15.8 Å². The summed E-state index contributed by atoms with van der Waals surface area (Å²) < 4.78 is 61.2. The van der Waals surface area contributed by atoms with Gasteiger partial charge in [-0.1, -0.05) is 86.9 Å². The Kier molecular flexibility index (Phi) is 10.8. The summed E-state index contributed by atoms with van der Waals surface area (Å²) in [7, 11) is 4.06. The van der Waals surface area contributed by atoms with Gasteiger partial charge in [0.05, 0.1) is 29.8 Å². The average Bonchev–Trinajstić information content (AvgIpc) is 4.11. The van der Waals surface area contributed by atoms with Crippen LogP contribution >= 0.6 is 45.3 Å². The maximum absolute atomic E-state index is 15.5. The highest BCUT2D eigenvalue weighted by molar-refractivity contribution is 7.39. The Morgan fingerprint density at radius 3 is 2.05 bits per heavy atom. The van der Waals surface area contributed by atoms with Gasteiger partial charge in [0.2, 0.25) is 0 Å². The van der Waals surface area contributed by atoms with Gasteiger partial charge in [0.1, 0.15) is 23.8 Å². The van der Waals surface area contributed by atoms with Gasteiger partial charge in [0, 0.05) is 55.8 Å². The standard InChI is InChI=1S/C49H36F3N5OS4/c1-4-5-6-8-11-29-14-18-34(19-15-29)57-41-44-39(61-46(41)47-42(57)45-40(62-47)25-38(60-45)30-16-20-33(21-17-30)56(2)3)24-35(59-44)22-23-37-36(28-55)43(31(26-53)27-54)58-48(37,49(50,51)52)32-12-9-7-10-13-32/h7,9-10,12-25H,4-6,8,11H2,1-3H3/b23-22+. The summed E-state index contributed by atoms with van der Waals surface area (Å²) in [6.07, 6.45) is 3.53. The van der Waals surface area contributed by atoms with Crippen LogP contribution in [0.15, 0.2) is 120 Å². The first kappa shape index (κ1) is 41.2. The summed E-state index contributed by atoms with van der Waals surface area (Å²) in [6, 6.07) is 33.7. The number of halogens is 3. The number of rotatable bonds is 11. The van der Waals surface area contributed by atoms with E-state index in [0.29, 0.717) is 4.88 Å². The smallest absolute Gasteiger partial charge is 0.437 e. The van der Waals surface area contributed by atoms with Gasteiger partial charge in [-0.2, -0.15) is 29.0 Å². The van der Waals surface area contributed by atoms with Gasteiger partial charge in [-0.15, -0.1) is 45.3 Å². The van der Waals surface area contributed by atoms with Crippen LogP contribution in [0.2, 0.25) is 0 Å². The Labute approximate surface area is 372 Å². The van der Waals surface area contributed by atoms with E-state index in [2.05, 4.69) is 71.0 Å². The molecule has 0 fully saturated rings. The molecule has 0 spiro atoms. The third kappa shape index (κ3) is 6.79. The zero-order valence-corrected chi connectivity index (χ0v) is 37.0. The van der Waals surface area contributed by atoms with Crippen molar-refractivity contribution in [3.8, 4) is 34.3 Å². The summed E-state index contributed by atoms with van der Waals surface area (Å²) in [5, 5.41) is 29.7. The normalized spacial score (nSPS) is 15.6. The number of hydrogen-bond donors (Lipinski definition) is 0. The molecule has 13 heteroatoms. The van der Waals surface area contributed by atoms with Gasteiger partial charge in [-0.05, 0) is 66.4 Å². The fourth-order valence-electron chi connectivity index (χ4n) is 8.17. The zero-order chi connectivity index (χ0) is 43.3. The van der Waals surface area contributed by atoms with Crippen molar-refractivity contribution >= 4 is 96.3 Å². The van der Waals surface area contributed by atoms with E-state index in [1.807, 2.05) is 26.2 Å². The molecule has 1 aliphatic rings. The number of thiophene rings is 4. The molecule has 0 N–H and O–H groups in total. The Hall–Kier alpha value is -6.14. The first-order valence-electron chi connectivity index (χ1n) is 20.0. The summed E-state index contributed by atoms with van der Waals surface area (Å²) in [6.45, 7) is 2.22. The quantitative estimate of drug-likeness (QED) is 0.0953. The number of unbranched alkanes of at least 4 members (excludes halogenated alkanes) is 3. The van der Waals surface area contributed by atoms with Gasteiger partial charge < -0.3 is 14.2 Å². The monoisotopic (exact) mass is 895 g/mol. The van der Waals surface area contributed by atoms with Gasteiger partial charge in [0.25, 0.3) is 5.60 Å². The molecule has 6 heterocycles. The summed E-state index contributed by atoms with van der Waals surface area (Å²) in [4.78, 5) is 3.94. The number of alkyl halides is 3. The molecule has 9 rings (SSSR count). The predicted octanol–water partition coefficient (Wildman–Crippen LogP) is 14.8. The number of aromatic nitrogens is 1. The van der Waals surface area contributed by atoms with Crippen LogP contribution in [0.1, 0.15) is 48.6 Å². The molecule has 0 radical (unpaired) electrons. The molecule has 8 aromatic rings. The van der Waals surface area contributed by atoms with Crippen molar-refractivity contribution in [3.63, 3.8) is 0 Å². The molecule has 0 saturated heterocycles. The minimum Gasteiger partial charge on any atom is -0.465 e. The maximum Gasteiger partial charge on any atom is 0.437 e. The van der Waals surface area contributed by atoms with E-state index in [-0.39, 0.29) is 5.56 Å². The van der Waals surface area contributed by atoms with Crippen LogP contribution in [0.4, 0.5) is 18.9 Å². The SMILES string of the molecule is CCCCCCc1ccc(-n2c3c4sc(/C=C/C5=C(C#N)C(=C(C#N)C#N)OC5(c5ccccc5)C(F)(F)F)cc4sc3c3sc4cc(-c5ccc(N(C)C)cc5)sc4c32)cc1.